The number of carbonyl (C=O) groups excluding carboxylic acids is 1. The summed E-state index contributed by atoms with van der Waals surface area (Å²) in [7, 11) is 0. The van der Waals surface area contributed by atoms with Crippen molar-refractivity contribution in [2.24, 2.45) is 0 Å². The number of aromatic nitrogens is 1. The van der Waals surface area contributed by atoms with Crippen molar-refractivity contribution in [2.45, 2.75) is 19.1 Å². The second kappa shape index (κ2) is 6.89. The minimum absolute atomic E-state index is 0.0121. The third kappa shape index (κ3) is 3.34. The second-order valence-electron chi connectivity index (χ2n) is 5.20. The molecule has 0 radical (unpaired) electrons. The van der Waals surface area contributed by atoms with Crippen molar-refractivity contribution >= 4 is 6.09 Å². The minimum Gasteiger partial charge on any atom is -0.445 e. The van der Waals surface area contributed by atoms with E-state index < -0.39 is 0 Å². The fraction of sp³-hybridized carbons (Fsp3) is 0.222. The third-order valence-corrected chi connectivity index (χ3v) is 3.71. The summed E-state index contributed by atoms with van der Waals surface area (Å²) in [5.74, 6) is 0. The number of pyridine rings is 1. The van der Waals surface area contributed by atoms with Crippen LogP contribution < -0.4 is 0 Å². The van der Waals surface area contributed by atoms with E-state index in [1.165, 1.54) is 0 Å². The molecule has 1 unspecified atom stereocenters. The Balaban J connectivity index is 1.68. The molecule has 0 aliphatic carbocycles. The van der Waals surface area contributed by atoms with Crippen molar-refractivity contribution in [3.05, 3.63) is 78.1 Å². The van der Waals surface area contributed by atoms with Gasteiger partial charge < -0.3 is 4.74 Å². The normalized spacial score (nSPS) is 17.3. The average molecular weight is 294 g/mol. The highest BCUT2D eigenvalue weighted by molar-refractivity contribution is 5.69. The van der Waals surface area contributed by atoms with Crippen molar-refractivity contribution in [1.29, 1.82) is 0 Å². The summed E-state index contributed by atoms with van der Waals surface area (Å²) in [6.07, 6.45) is 8.13. The van der Waals surface area contributed by atoms with Gasteiger partial charge in [-0.1, -0.05) is 48.6 Å². The van der Waals surface area contributed by atoms with Crippen molar-refractivity contribution < 1.29 is 9.53 Å². The second-order valence-corrected chi connectivity index (χ2v) is 5.20. The highest BCUT2D eigenvalue weighted by Crippen LogP contribution is 2.27. The number of ether oxygens (including phenoxy) is 1. The Hall–Kier alpha value is -2.62. The highest BCUT2D eigenvalue weighted by atomic mass is 16.6. The van der Waals surface area contributed by atoms with Crippen LogP contribution in [0, 0.1) is 0 Å². The van der Waals surface area contributed by atoms with Gasteiger partial charge in [0.1, 0.15) is 6.61 Å². The van der Waals surface area contributed by atoms with E-state index in [-0.39, 0.29) is 12.1 Å². The van der Waals surface area contributed by atoms with Crippen molar-refractivity contribution in [1.82, 2.24) is 9.88 Å². The van der Waals surface area contributed by atoms with Gasteiger partial charge in [-0.25, -0.2) is 4.79 Å². The first-order valence-corrected chi connectivity index (χ1v) is 7.37. The van der Waals surface area contributed by atoms with Gasteiger partial charge in [-0.15, -0.1) is 0 Å². The summed E-state index contributed by atoms with van der Waals surface area (Å²) < 4.78 is 5.45. The van der Waals surface area contributed by atoms with E-state index in [9.17, 15) is 4.79 Å². The van der Waals surface area contributed by atoms with Gasteiger partial charge in [0.15, 0.2) is 0 Å². The Morgan fingerprint density at radius 1 is 1.18 bits per heavy atom. The van der Waals surface area contributed by atoms with E-state index in [2.05, 4.69) is 11.1 Å². The Bertz CT molecular complexity index is 641. The molecule has 0 bridgehead atoms. The predicted molar refractivity (Wildman–Crippen MR) is 84.1 cm³/mol. The van der Waals surface area contributed by atoms with E-state index in [1.807, 2.05) is 48.5 Å². The molecule has 1 aliphatic rings. The van der Waals surface area contributed by atoms with Crippen LogP contribution in [0.2, 0.25) is 0 Å². The molecule has 4 nitrogen and oxygen atoms in total. The maximum Gasteiger partial charge on any atom is 0.410 e. The maximum atomic E-state index is 12.4. The van der Waals surface area contributed by atoms with E-state index in [4.69, 9.17) is 4.74 Å². The van der Waals surface area contributed by atoms with E-state index in [1.54, 1.807) is 17.3 Å². The average Bonchev–Trinajstić information content (AvgIpc) is 2.61. The molecule has 1 atom stereocenters. The molecular formula is C18H18N2O2. The van der Waals surface area contributed by atoms with E-state index in [0.717, 1.165) is 17.5 Å². The number of rotatable bonds is 3. The smallest absolute Gasteiger partial charge is 0.410 e. The van der Waals surface area contributed by atoms with Crippen LogP contribution in [-0.2, 0) is 11.3 Å². The fourth-order valence-electron chi connectivity index (χ4n) is 2.56. The first kappa shape index (κ1) is 14.3. The van der Waals surface area contributed by atoms with Crippen LogP contribution in [0.25, 0.3) is 0 Å². The maximum absolute atomic E-state index is 12.4. The van der Waals surface area contributed by atoms with Gasteiger partial charge in [-0.2, -0.15) is 0 Å². The first-order valence-electron chi connectivity index (χ1n) is 7.37. The van der Waals surface area contributed by atoms with Crippen LogP contribution in [0.3, 0.4) is 0 Å². The molecule has 0 spiro atoms. The number of nitrogens with zero attached hydrogens (tertiary/aromatic N) is 2. The molecule has 0 saturated heterocycles. The quantitative estimate of drug-likeness (QED) is 0.810. The first-order chi connectivity index (χ1) is 10.8. The summed E-state index contributed by atoms with van der Waals surface area (Å²) >= 11 is 0. The SMILES string of the molecule is O=C(OCc1ccccc1)N1CC=CCC1c1cccnc1. The molecule has 1 amide bonds. The predicted octanol–water partition coefficient (Wildman–Crippen LogP) is 3.72. The summed E-state index contributed by atoms with van der Waals surface area (Å²) in [6.45, 7) is 0.854. The van der Waals surface area contributed by atoms with Crippen molar-refractivity contribution in [3.63, 3.8) is 0 Å². The molecule has 2 heterocycles. The molecule has 2 aromatic rings. The standard InChI is InChI=1S/C18H18N2O2/c21-18(22-14-15-7-2-1-3-8-15)20-12-5-4-10-17(20)16-9-6-11-19-13-16/h1-9,11,13,17H,10,12,14H2. The van der Waals surface area contributed by atoms with Gasteiger partial charge in [0.2, 0.25) is 0 Å². The number of hydrogen-bond acceptors (Lipinski definition) is 3. The summed E-state index contributed by atoms with van der Waals surface area (Å²) in [5, 5.41) is 0. The van der Waals surface area contributed by atoms with Crippen LogP contribution in [0.1, 0.15) is 23.6 Å². The van der Waals surface area contributed by atoms with Crippen LogP contribution in [0.15, 0.2) is 67.0 Å². The molecule has 0 fully saturated rings. The zero-order chi connectivity index (χ0) is 15.2. The lowest BCUT2D eigenvalue weighted by Gasteiger charge is -2.32. The number of carbonyl (C=O) groups is 1. The summed E-state index contributed by atoms with van der Waals surface area (Å²) in [6, 6.07) is 13.6. The molecule has 22 heavy (non-hydrogen) atoms. The molecule has 4 heteroatoms. The molecule has 0 saturated carbocycles. The lowest BCUT2D eigenvalue weighted by Crippen LogP contribution is -2.37. The Labute approximate surface area is 130 Å². The zero-order valence-corrected chi connectivity index (χ0v) is 12.3. The highest BCUT2D eigenvalue weighted by Gasteiger charge is 2.27. The van der Waals surface area contributed by atoms with Crippen molar-refractivity contribution in [2.75, 3.05) is 6.54 Å². The van der Waals surface area contributed by atoms with E-state index in [0.29, 0.717) is 13.2 Å². The van der Waals surface area contributed by atoms with Gasteiger partial charge in [0, 0.05) is 18.9 Å². The van der Waals surface area contributed by atoms with E-state index >= 15 is 0 Å². The minimum atomic E-state index is -0.290. The lowest BCUT2D eigenvalue weighted by molar-refractivity contribution is 0.0831. The van der Waals surface area contributed by atoms with Crippen LogP contribution in [0.5, 0.6) is 0 Å². The molecule has 112 valence electrons. The van der Waals surface area contributed by atoms with Gasteiger partial charge in [0.25, 0.3) is 0 Å². The summed E-state index contributed by atoms with van der Waals surface area (Å²) in [5.41, 5.74) is 2.02. The molecular weight excluding hydrogens is 276 g/mol. The van der Waals surface area contributed by atoms with Gasteiger partial charge in [-0.3, -0.25) is 9.88 Å². The van der Waals surface area contributed by atoms with Gasteiger partial charge >= 0.3 is 6.09 Å². The van der Waals surface area contributed by atoms with Crippen LogP contribution >= 0.6 is 0 Å². The molecule has 1 aromatic carbocycles. The molecule has 1 aliphatic heterocycles. The Morgan fingerprint density at radius 3 is 2.82 bits per heavy atom. The molecule has 1 aromatic heterocycles. The topological polar surface area (TPSA) is 42.4 Å². The number of amides is 1. The Morgan fingerprint density at radius 2 is 2.05 bits per heavy atom. The van der Waals surface area contributed by atoms with Crippen molar-refractivity contribution in [3.8, 4) is 0 Å². The number of benzene rings is 1. The Kier molecular flexibility index (Phi) is 4.49. The van der Waals surface area contributed by atoms with Crippen LogP contribution in [-0.4, -0.2) is 22.5 Å². The largest absolute Gasteiger partial charge is 0.445 e. The number of hydrogen-bond donors (Lipinski definition) is 0. The van der Waals surface area contributed by atoms with Gasteiger partial charge in [-0.05, 0) is 23.6 Å². The lowest BCUT2D eigenvalue weighted by atomic mass is 10.0. The third-order valence-electron chi connectivity index (χ3n) is 3.71. The van der Waals surface area contributed by atoms with Crippen LogP contribution in [0.4, 0.5) is 4.79 Å². The summed E-state index contributed by atoms with van der Waals surface area (Å²) in [4.78, 5) is 18.3. The monoisotopic (exact) mass is 294 g/mol. The molecule has 3 rings (SSSR count). The zero-order valence-electron chi connectivity index (χ0n) is 12.3. The molecule has 0 N–H and O–H groups in total. The van der Waals surface area contributed by atoms with Gasteiger partial charge in [0.05, 0.1) is 6.04 Å². The fourth-order valence-corrected chi connectivity index (χ4v) is 2.56.